The fourth-order valence-electron chi connectivity index (χ4n) is 4.54. The Bertz CT molecular complexity index is 402. The summed E-state index contributed by atoms with van der Waals surface area (Å²) in [5.74, 6) is 0. The van der Waals surface area contributed by atoms with E-state index in [9.17, 15) is 0 Å². The van der Waals surface area contributed by atoms with Gasteiger partial charge in [0.05, 0.1) is 8.07 Å². The molecule has 0 heterocycles. The number of hydrogen-bond donors (Lipinski definition) is 0. The molecule has 0 saturated heterocycles. The average molecular weight is 258 g/mol. The molecule has 1 aromatic carbocycles. The van der Waals surface area contributed by atoms with E-state index in [0.717, 1.165) is 5.04 Å². The van der Waals surface area contributed by atoms with Crippen LogP contribution >= 0.6 is 0 Å². The van der Waals surface area contributed by atoms with Gasteiger partial charge in [-0.05, 0) is 54.5 Å². The van der Waals surface area contributed by atoms with Crippen LogP contribution in [0.2, 0.25) is 24.7 Å². The second kappa shape index (κ2) is 3.96. The summed E-state index contributed by atoms with van der Waals surface area (Å²) in [4.78, 5) is 0. The molecule has 3 aliphatic rings. The Kier molecular flexibility index (Phi) is 2.75. The van der Waals surface area contributed by atoms with E-state index < -0.39 is 8.07 Å². The quantitative estimate of drug-likeness (QED) is 0.626. The van der Waals surface area contributed by atoms with Crippen molar-refractivity contribution in [2.45, 2.75) is 68.6 Å². The molecule has 0 atom stereocenters. The molecular formula is C17H26Si. The molecule has 3 saturated carbocycles. The van der Waals surface area contributed by atoms with Gasteiger partial charge < -0.3 is 0 Å². The van der Waals surface area contributed by atoms with Gasteiger partial charge in [-0.1, -0.05) is 50.0 Å². The van der Waals surface area contributed by atoms with Crippen LogP contribution in [0.3, 0.4) is 0 Å². The summed E-state index contributed by atoms with van der Waals surface area (Å²) in [6.45, 7) is 7.77. The first-order valence-electron chi connectivity index (χ1n) is 7.53. The smallest absolute Gasteiger partial charge is 0.0505 e. The number of hydrogen-bond acceptors (Lipinski definition) is 0. The van der Waals surface area contributed by atoms with Crippen molar-refractivity contribution < 1.29 is 0 Å². The van der Waals surface area contributed by atoms with E-state index in [2.05, 4.69) is 50.0 Å². The van der Waals surface area contributed by atoms with Gasteiger partial charge in [-0.25, -0.2) is 0 Å². The summed E-state index contributed by atoms with van der Waals surface area (Å²) in [5, 5.41) is 0.767. The highest BCUT2D eigenvalue weighted by Gasteiger charge is 2.54. The predicted molar refractivity (Wildman–Crippen MR) is 81.9 cm³/mol. The maximum atomic E-state index is 2.59. The molecule has 0 aliphatic heterocycles. The highest BCUT2D eigenvalue weighted by Crippen LogP contribution is 2.65. The van der Waals surface area contributed by atoms with Crippen molar-refractivity contribution >= 4 is 8.07 Å². The van der Waals surface area contributed by atoms with E-state index in [1.807, 2.05) is 0 Å². The lowest BCUT2D eigenvalue weighted by atomic mass is 9.57. The van der Waals surface area contributed by atoms with Gasteiger partial charge in [0.25, 0.3) is 0 Å². The first-order chi connectivity index (χ1) is 8.48. The van der Waals surface area contributed by atoms with Crippen LogP contribution in [0.25, 0.3) is 0 Å². The van der Waals surface area contributed by atoms with Crippen LogP contribution in [0, 0.1) is 0 Å². The number of benzene rings is 1. The van der Waals surface area contributed by atoms with Crippen LogP contribution in [0.1, 0.15) is 44.1 Å². The van der Waals surface area contributed by atoms with Crippen molar-refractivity contribution in [2.75, 3.05) is 0 Å². The van der Waals surface area contributed by atoms with Gasteiger partial charge in [0.2, 0.25) is 0 Å². The minimum atomic E-state index is -1.00. The van der Waals surface area contributed by atoms with E-state index >= 15 is 0 Å². The molecule has 1 aromatic rings. The van der Waals surface area contributed by atoms with Crippen LogP contribution in [0.5, 0.6) is 0 Å². The third-order valence-corrected chi connectivity index (χ3v) is 10.2. The molecule has 0 spiro atoms. The predicted octanol–water partition coefficient (Wildman–Crippen LogP) is 5.37. The molecule has 0 N–H and O–H groups in total. The summed E-state index contributed by atoms with van der Waals surface area (Å²) in [5.41, 5.74) is 2.16. The molecule has 98 valence electrons. The van der Waals surface area contributed by atoms with E-state index in [-0.39, 0.29) is 0 Å². The molecule has 2 bridgehead atoms. The van der Waals surface area contributed by atoms with Gasteiger partial charge >= 0.3 is 0 Å². The van der Waals surface area contributed by atoms with Gasteiger partial charge in [-0.3, -0.25) is 0 Å². The van der Waals surface area contributed by atoms with Crippen molar-refractivity contribution in [1.29, 1.82) is 0 Å². The van der Waals surface area contributed by atoms with Crippen LogP contribution in [-0.4, -0.2) is 8.07 Å². The monoisotopic (exact) mass is 258 g/mol. The maximum absolute atomic E-state index is 2.59. The number of rotatable bonds is 2. The summed E-state index contributed by atoms with van der Waals surface area (Å²) < 4.78 is 0. The highest BCUT2D eigenvalue weighted by molar-refractivity contribution is 6.79. The fraction of sp³-hybridized carbons (Fsp3) is 0.647. The van der Waals surface area contributed by atoms with Crippen LogP contribution in [0.4, 0.5) is 0 Å². The van der Waals surface area contributed by atoms with Crippen LogP contribution in [-0.2, 0) is 5.41 Å². The molecule has 0 unspecified atom stereocenters. The van der Waals surface area contributed by atoms with Crippen LogP contribution < -0.4 is 0 Å². The highest BCUT2D eigenvalue weighted by atomic mass is 28.3. The minimum absolute atomic E-state index is 0.544. The summed E-state index contributed by atoms with van der Waals surface area (Å²) >= 11 is 0. The van der Waals surface area contributed by atoms with Crippen molar-refractivity contribution in [2.24, 2.45) is 0 Å². The largest absolute Gasteiger partial charge is 0.0691 e. The minimum Gasteiger partial charge on any atom is -0.0691 e. The Hall–Kier alpha value is -0.563. The van der Waals surface area contributed by atoms with Crippen molar-refractivity contribution in [3.8, 4) is 0 Å². The molecule has 0 radical (unpaired) electrons. The summed E-state index contributed by atoms with van der Waals surface area (Å²) in [6.07, 6.45) is 8.83. The van der Waals surface area contributed by atoms with Crippen molar-refractivity contribution in [3.63, 3.8) is 0 Å². The molecule has 18 heavy (non-hydrogen) atoms. The third kappa shape index (κ3) is 1.71. The molecule has 1 heteroatoms. The zero-order valence-corrected chi connectivity index (χ0v) is 13.1. The van der Waals surface area contributed by atoms with Gasteiger partial charge in [0.1, 0.15) is 0 Å². The Labute approximate surface area is 113 Å². The van der Waals surface area contributed by atoms with E-state index in [0.29, 0.717) is 5.41 Å². The standard InChI is InChI=1S/C17H26Si/c1-18(2,3)17-12-9-16(10-13-17,11-14-17)15-7-5-4-6-8-15/h4-8H,9-14H2,1-3H3. The molecular weight excluding hydrogens is 232 g/mol. The summed E-state index contributed by atoms with van der Waals surface area (Å²) in [6, 6.07) is 11.3. The Morgan fingerprint density at radius 3 is 1.72 bits per heavy atom. The lowest BCUT2D eigenvalue weighted by Crippen LogP contribution is -2.50. The molecule has 0 amide bonds. The topological polar surface area (TPSA) is 0 Å². The summed E-state index contributed by atoms with van der Waals surface area (Å²) in [7, 11) is -1.00. The van der Waals surface area contributed by atoms with Crippen molar-refractivity contribution in [1.82, 2.24) is 0 Å². The van der Waals surface area contributed by atoms with Gasteiger partial charge in [-0.15, -0.1) is 0 Å². The molecule has 3 aliphatic carbocycles. The Morgan fingerprint density at radius 1 is 0.778 bits per heavy atom. The number of fused-ring (bicyclic) bond motifs is 3. The second-order valence-electron chi connectivity index (χ2n) is 7.68. The van der Waals surface area contributed by atoms with Gasteiger partial charge in [-0.2, -0.15) is 0 Å². The van der Waals surface area contributed by atoms with Gasteiger partial charge in [0, 0.05) is 0 Å². The third-order valence-electron chi connectivity index (χ3n) is 6.22. The lowest BCUT2D eigenvalue weighted by molar-refractivity contribution is 0.141. The van der Waals surface area contributed by atoms with E-state index in [1.165, 1.54) is 38.5 Å². The molecule has 0 aromatic heterocycles. The second-order valence-corrected chi connectivity index (χ2v) is 13.2. The van der Waals surface area contributed by atoms with E-state index in [4.69, 9.17) is 0 Å². The van der Waals surface area contributed by atoms with Crippen molar-refractivity contribution in [3.05, 3.63) is 35.9 Å². The Balaban J connectivity index is 1.88. The molecule has 4 rings (SSSR count). The first kappa shape index (κ1) is 12.5. The van der Waals surface area contributed by atoms with Crippen LogP contribution in [0.15, 0.2) is 30.3 Å². The van der Waals surface area contributed by atoms with E-state index in [1.54, 1.807) is 5.56 Å². The first-order valence-corrected chi connectivity index (χ1v) is 11.0. The molecule has 3 fully saturated rings. The fourth-order valence-corrected chi connectivity index (χ4v) is 7.16. The molecule has 0 nitrogen and oxygen atoms in total. The Morgan fingerprint density at radius 2 is 1.28 bits per heavy atom. The SMILES string of the molecule is C[Si](C)(C)C12CCC(c3ccccc3)(CC1)CC2. The normalized spacial score (nSPS) is 35.7. The van der Waals surface area contributed by atoms with Gasteiger partial charge in [0.15, 0.2) is 0 Å². The maximum Gasteiger partial charge on any atom is 0.0505 e. The average Bonchev–Trinajstić information content (AvgIpc) is 2.41. The zero-order valence-electron chi connectivity index (χ0n) is 12.1. The zero-order chi connectivity index (χ0) is 12.9. The lowest BCUT2D eigenvalue weighted by Gasteiger charge is -2.58.